The standard InChI is InChI=1S/C12H18O2Si/c1-13-12(15,14-2)10-6-9-11-7-4-3-5-8-11/h3-9H,10H2,1-2,15H3. The zero-order valence-corrected chi connectivity index (χ0v) is 11.6. The molecule has 0 N–H and O–H groups in total. The molecule has 1 aromatic rings. The first-order valence-electron chi connectivity index (χ1n) is 5.02. The molecule has 0 heterocycles. The van der Waals surface area contributed by atoms with E-state index in [1.807, 2.05) is 18.2 Å². The molecule has 0 saturated heterocycles. The highest BCUT2D eigenvalue weighted by molar-refractivity contribution is 6.13. The van der Waals surface area contributed by atoms with Crippen LogP contribution in [0, 0.1) is 0 Å². The summed E-state index contributed by atoms with van der Waals surface area (Å²) in [6, 6.07) is 10.2. The van der Waals surface area contributed by atoms with Gasteiger partial charge in [0.1, 0.15) is 5.41 Å². The number of ether oxygens (including phenoxy) is 2. The van der Waals surface area contributed by atoms with Gasteiger partial charge in [-0.25, -0.2) is 0 Å². The molecule has 15 heavy (non-hydrogen) atoms. The van der Waals surface area contributed by atoms with Crippen molar-refractivity contribution in [2.45, 2.75) is 11.8 Å². The monoisotopic (exact) mass is 222 g/mol. The predicted octanol–water partition coefficient (Wildman–Crippen LogP) is 1.40. The molecule has 1 rings (SSSR count). The average molecular weight is 222 g/mol. The van der Waals surface area contributed by atoms with Crippen LogP contribution in [0.25, 0.3) is 6.08 Å². The summed E-state index contributed by atoms with van der Waals surface area (Å²) in [6.07, 6.45) is 4.97. The summed E-state index contributed by atoms with van der Waals surface area (Å²) in [5.74, 6) is 0. The van der Waals surface area contributed by atoms with Gasteiger partial charge in [0.15, 0.2) is 0 Å². The fourth-order valence-electron chi connectivity index (χ4n) is 1.22. The van der Waals surface area contributed by atoms with Crippen molar-refractivity contribution in [1.82, 2.24) is 0 Å². The highest BCUT2D eigenvalue weighted by atomic mass is 28.1. The lowest BCUT2D eigenvalue weighted by atomic mass is 10.2. The molecule has 1 aromatic carbocycles. The van der Waals surface area contributed by atoms with Crippen molar-refractivity contribution < 1.29 is 9.47 Å². The lowest BCUT2D eigenvalue weighted by Crippen LogP contribution is -2.33. The van der Waals surface area contributed by atoms with E-state index in [-0.39, 0.29) is 5.41 Å². The lowest BCUT2D eigenvalue weighted by Gasteiger charge is -2.25. The lowest BCUT2D eigenvalue weighted by molar-refractivity contribution is -0.138. The second-order valence-electron chi connectivity index (χ2n) is 3.56. The molecule has 82 valence electrons. The topological polar surface area (TPSA) is 18.5 Å². The summed E-state index contributed by atoms with van der Waals surface area (Å²) < 4.78 is 10.6. The molecule has 0 aliphatic heterocycles. The summed E-state index contributed by atoms with van der Waals surface area (Å²) in [6.45, 7) is 0. The fraction of sp³-hybridized carbons (Fsp3) is 0.333. The fourth-order valence-corrected chi connectivity index (χ4v) is 1.46. The molecular weight excluding hydrogens is 204 g/mol. The third-order valence-electron chi connectivity index (χ3n) is 2.46. The van der Waals surface area contributed by atoms with Crippen LogP contribution in [0.2, 0.25) is 0 Å². The smallest absolute Gasteiger partial charge is 0.144 e. The van der Waals surface area contributed by atoms with E-state index in [2.05, 4.69) is 24.3 Å². The van der Waals surface area contributed by atoms with E-state index in [9.17, 15) is 0 Å². The maximum Gasteiger partial charge on any atom is 0.144 e. The van der Waals surface area contributed by atoms with E-state index in [1.165, 1.54) is 5.56 Å². The van der Waals surface area contributed by atoms with Crippen LogP contribution in [-0.2, 0) is 9.47 Å². The van der Waals surface area contributed by atoms with Crippen molar-refractivity contribution in [3.05, 3.63) is 42.0 Å². The number of methoxy groups -OCH3 is 2. The Hall–Kier alpha value is -0.903. The Balaban J connectivity index is 2.53. The number of hydrogen-bond donors (Lipinski definition) is 0. The van der Waals surface area contributed by atoms with E-state index >= 15 is 0 Å². The van der Waals surface area contributed by atoms with Gasteiger partial charge in [0.25, 0.3) is 0 Å². The Labute approximate surface area is 94.3 Å². The maximum atomic E-state index is 5.31. The molecule has 0 bridgehead atoms. The largest absolute Gasteiger partial charge is 0.358 e. The third-order valence-corrected chi connectivity index (χ3v) is 3.69. The van der Waals surface area contributed by atoms with Crippen LogP contribution in [-0.4, -0.2) is 29.9 Å². The van der Waals surface area contributed by atoms with Gasteiger partial charge in [-0.2, -0.15) is 0 Å². The van der Waals surface area contributed by atoms with Gasteiger partial charge in [-0.3, -0.25) is 0 Å². The molecule has 0 aromatic heterocycles. The summed E-state index contributed by atoms with van der Waals surface area (Å²) in [5, 5.41) is 0. The quantitative estimate of drug-likeness (QED) is 0.554. The van der Waals surface area contributed by atoms with E-state index in [1.54, 1.807) is 14.2 Å². The Morgan fingerprint density at radius 2 is 1.80 bits per heavy atom. The Bertz CT molecular complexity index is 305. The zero-order valence-electron chi connectivity index (χ0n) is 9.57. The third kappa shape index (κ3) is 3.99. The van der Waals surface area contributed by atoms with Crippen LogP contribution in [0.3, 0.4) is 0 Å². The summed E-state index contributed by atoms with van der Waals surface area (Å²) in [7, 11) is 4.23. The van der Waals surface area contributed by atoms with Gasteiger partial charge in [0.2, 0.25) is 0 Å². The first-order valence-corrected chi connectivity index (χ1v) is 6.02. The van der Waals surface area contributed by atoms with Crippen molar-refractivity contribution in [3.8, 4) is 0 Å². The van der Waals surface area contributed by atoms with Crippen molar-refractivity contribution in [1.29, 1.82) is 0 Å². The minimum absolute atomic E-state index is 0.384. The van der Waals surface area contributed by atoms with Crippen LogP contribution >= 0.6 is 0 Å². The van der Waals surface area contributed by atoms with Crippen molar-refractivity contribution in [3.63, 3.8) is 0 Å². The van der Waals surface area contributed by atoms with Crippen molar-refractivity contribution in [2.24, 2.45) is 0 Å². The minimum atomic E-state index is -0.384. The van der Waals surface area contributed by atoms with Gasteiger partial charge in [-0.05, 0) is 5.56 Å². The molecule has 2 nitrogen and oxygen atoms in total. The van der Waals surface area contributed by atoms with E-state index < -0.39 is 0 Å². The predicted molar refractivity (Wildman–Crippen MR) is 66.8 cm³/mol. The Kier molecular flexibility index (Phi) is 4.75. The molecule has 0 atom stereocenters. The second-order valence-corrected chi connectivity index (χ2v) is 5.08. The molecule has 0 radical (unpaired) electrons. The SMILES string of the molecule is COC([SiH3])(CC=Cc1ccccc1)OC. The van der Waals surface area contributed by atoms with E-state index in [0.29, 0.717) is 0 Å². The number of rotatable bonds is 5. The van der Waals surface area contributed by atoms with Crippen LogP contribution in [0.5, 0.6) is 0 Å². The first-order chi connectivity index (χ1) is 7.20. The molecule has 3 heteroatoms. The van der Waals surface area contributed by atoms with Gasteiger partial charge in [0.05, 0.1) is 10.2 Å². The Morgan fingerprint density at radius 1 is 1.20 bits per heavy atom. The summed E-state index contributed by atoms with van der Waals surface area (Å²) >= 11 is 0. The minimum Gasteiger partial charge on any atom is -0.358 e. The Morgan fingerprint density at radius 3 is 2.33 bits per heavy atom. The van der Waals surface area contributed by atoms with Gasteiger partial charge in [0, 0.05) is 20.6 Å². The second kappa shape index (κ2) is 5.85. The number of hydrogen-bond acceptors (Lipinski definition) is 2. The number of benzene rings is 1. The average Bonchev–Trinajstić information content (AvgIpc) is 2.30. The zero-order chi connectivity index (χ0) is 11.1. The van der Waals surface area contributed by atoms with Gasteiger partial charge in [-0.15, -0.1) is 0 Å². The molecule has 0 spiro atoms. The van der Waals surface area contributed by atoms with Crippen LogP contribution in [0.4, 0.5) is 0 Å². The molecule has 0 aliphatic carbocycles. The van der Waals surface area contributed by atoms with E-state index in [0.717, 1.165) is 16.7 Å². The molecule has 0 saturated carbocycles. The van der Waals surface area contributed by atoms with Gasteiger partial charge < -0.3 is 9.47 Å². The maximum absolute atomic E-state index is 5.31. The molecular formula is C12H18O2Si. The molecule has 0 aliphatic rings. The molecule has 0 amide bonds. The van der Waals surface area contributed by atoms with Crippen molar-refractivity contribution >= 4 is 16.3 Å². The summed E-state index contributed by atoms with van der Waals surface area (Å²) in [5.41, 5.74) is 0.819. The first kappa shape index (κ1) is 12.2. The van der Waals surface area contributed by atoms with Crippen molar-refractivity contribution in [2.75, 3.05) is 14.2 Å². The van der Waals surface area contributed by atoms with E-state index in [4.69, 9.17) is 9.47 Å². The van der Waals surface area contributed by atoms with Gasteiger partial charge >= 0.3 is 0 Å². The summed E-state index contributed by atoms with van der Waals surface area (Å²) in [4.78, 5) is 0. The van der Waals surface area contributed by atoms with Gasteiger partial charge in [-0.1, -0.05) is 42.5 Å². The molecule has 0 unspecified atom stereocenters. The normalized spacial score (nSPS) is 12.4. The van der Waals surface area contributed by atoms with Crippen LogP contribution in [0.1, 0.15) is 12.0 Å². The highest BCUT2D eigenvalue weighted by Crippen LogP contribution is 2.13. The van der Waals surface area contributed by atoms with Crippen LogP contribution < -0.4 is 0 Å². The highest BCUT2D eigenvalue weighted by Gasteiger charge is 2.19. The molecule has 0 fully saturated rings. The van der Waals surface area contributed by atoms with Crippen LogP contribution in [0.15, 0.2) is 36.4 Å².